The minimum atomic E-state index is -3.42. The van der Waals surface area contributed by atoms with Crippen molar-refractivity contribution in [3.8, 4) is 0 Å². The minimum Gasteiger partial charge on any atom is -0.381 e. The molecule has 1 aromatic heterocycles. The molecule has 0 aliphatic rings. The number of aromatic nitrogens is 1. The molecule has 0 radical (unpaired) electrons. The molecule has 0 saturated carbocycles. The summed E-state index contributed by atoms with van der Waals surface area (Å²) < 4.78 is 26.6. The van der Waals surface area contributed by atoms with Crippen LogP contribution in [0.1, 0.15) is 5.56 Å². The highest BCUT2D eigenvalue weighted by Crippen LogP contribution is 2.16. The molecule has 7 heteroatoms. The Labute approximate surface area is 126 Å². The maximum Gasteiger partial charge on any atom is 0.240 e. The van der Waals surface area contributed by atoms with Crippen LogP contribution in [0.25, 0.3) is 0 Å². The monoisotopic (exact) mass is 355 g/mol. The normalized spacial score (nSPS) is 11.3. The summed E-state index contributed by atoms with van der Waals surface area (Å²) in [5.74, 6) is 0. The fourth-order valence-corrected chi connectivity index (χ4v) is 2.84. The Morgan fingerprint density at radius 3 is 2.75 bits per heavy atom. The van der Waals surface area contributed by atoms with Gasteiger partial charge in [-0.15, -0.1) is 0 Å². The van der Waals surface area contributed by atoms with E-state index >= 15 is 0 Å². The zero-order valence-corrected chi connectivity index (χ0v) is 13.2. The third-order valence-corrected chi connectivity index (χ3v) is 4.52. The van der Waals surface area contributed by atoms with Crippen LogP contribution in [0.2, 0.25) is 0 Å². The van der Waals surface area contributed by atoms with Crippen molar-refractivity contribution in [1.82, 2.24) is 9.71 Å². The molecule has 0 saturated heterocycles. The van der Waals surface area contributed by atoms with E-state index in [-0.39, 0.29) is 4.90 Å². The highest BCUT2D eigenvalue weighted by Gasteiger charge is 2.11. The lowest BCUT2D eigenvalue weighted by molar-refractivity contribution is 0.588. The fourth-order valence-electron chi connectivity index (χ4n) is 1.65. The smallest absolute Gasteiger partial charge is 0.240 e. The highest BCUT2D eigenvalue weighted by molar-refractivity contribution is 9.10. The Morgan fingerprint density at radius 1 is 1.25 bits per heavy atom. The lowest BCUT2D eigenvalue weighted by atomic mass is 10.2. The first-order valence-corrected chi connectivity index (χ1v) is 8.16. The molecule has 0 atom stereocenters. The van der Waals surface area contributed by atoms with Crippen molar-refractivity contribution in [1.29, 1.82) is 0 Å². The Balaban J connectivity index is 2.13. The average Bonchev–Trinajstić information content (AvgIpc) is 2.45. The van der Waals surface area contributed by atoms with Crippen LogP contribution in [0.4, 0.5) is 5.69 Å². The van der Waals surface area contributed by atoms with Gasteiger partial charge in [0.05, 0.1) is 4.90 Å². The second kappa shape index (κ2) is 6.34. The number of hydrogen-bond acceptors (Lipinski definition) is 4. The van der Waals surface area contributed by atoms with Crippen molar-refractivity contribution in [2.24, 2.45) is 0 Å². The Bertz CT molecular complexity index is 704. The number of pyridine rings is 1. The van der Waals surface area contributed by atoms with Crippen molar-refractivity contribution in [2.45, 2.75) is 11.4 Å². The lowest BCUT2D eigenvalue weighted by Crippen LogP contribution is -2.18. The molecule has 1 heterocycles. The number of nitrogens with one attached hydrogen (secondary N) is 2. The first-order chi connectivity index (χ1) is 9.51. The Hall–Kier alpha value is -1.44. The molecule has 0 bridgehead atoms. The summed E-state index contributed by atoms with van der Waals surface area (Å²) in [6.07, 6.45) is 3.47. The van der Waals surface area contributed by atoms with E-state index in [9.17, 15) is 8.42 Å². The second-order valence-corrected chi connectivity index (χ2v) is 6.90. The molecule has 20 heavy (non-hydrogen) atoms. The van der Waals surface area contributed by atoms with E-state index in [4.69, 9.17) is 0 Å². The van der Waals surface area contributed by atoms with Crippen LogP contribution >= 0.6 is 15.9 Å². The molecule has 5 nitrogen and oxygen atoms in total. The van der Waals surface area contributed by atoms with Gasteiger partial charge in [-0.05, 0) is 52.8 Å². The van der Waals surface area contributed by atoms with E-state index in [1.807, 2.05) is 12.1 Å². The average molecular weight is 356 g/mol. The summed E-state index contributed by atoms with van der Waals surface area (Å²) in [5.41, 5.74) is 1.74. The molecular formula is C13H14BrN3O2S. The molecule has 0 aliphatic heterocycles. The van der Waals surface area contributed by atoms with Gasteiger partial charge in [0.25, 0.3) is 0 Å². The van der Waals surface area contributed by atoms with Gasteiger partial charge >= 0.3 is 0 Å². The Kier molecular flexibility index (Phi) is 4.74. The topological polar surface area (TPSA) is 71.1 Å². The third kappa shape index (κ3) is 3.78. The fraction of sp³-hybridized carbons (Fsp3) is 0.154. The third-order valence-electron chi connectivity index (χ3n) is 2.67. The predicted octanol–water partition coefficient (Wildman–Crippen LogP) is 2.36. The molecule has 106 valence electrons. The molecule has 2 aromatic rings. The first kappa shape index (κ1) is 15.0. The Morgan fingerprint density at radius 2 is 2.05 bits per heavy atom. The number of hydrogen-bond donors (Lipinski definition) is 2. The highest BCUT2D eigenvalue weighted by atomic mass is 79.9. The number of benzene rings is 1. The van der Waals surface area contributed by atoms with Crippen LogP contribution in [0.3, 0.4) is 0 Å². The summed E-state index contributed by atoms with van der Waals surface area (Å²) >= 11 is 3.36. The SMILES string of the molecule is CNS(=O)(=O)c1cccc(NCc2cncc(Br)c2)c1. The number of halogens is 1. The van der Waals surface area contributed by atoms with Crippen molar-refractivity contribution in [2.75, 3.05) is 12.4 Å². The van der Waals surface area contributed by atoms with Gasteiger partial charge in [-0.25, -0.2) is 13.1 Å². The van der Waals surface area contributed by atoms with Gasteiger partial charge in [0.1, 0.15) is 0 Å². The molecule has 2 N–H and O–H groups in total. The van der Waals surface area contributed by atoms with Crippen LogP contribution in [0.5, 0.6) is 0 Å². The molecule has 1 aromatic carbocycles. The maximum absolute atomic E-state index is 11.7. The van der Waals surface area contributed by atoms with Crippen molar-refractivity contribution < 1.29 is 8.42 Å². The van der Waals surface area contributed by atoms with Crippen LogP contribution in [0, 0.1) is 0 Å². The maximum atomic E-state index is 11.7. The lowest BCUT2D eigenvalue weighted by Gasteiger charge is -2.09. The number of anilines is 1. The zero-order valence-electron chi connectivity index (χ0n) is 10.8. The van der Waals surface area contributed by atoms with Gasteiger partial charge in [-0.3, -0.25) is 4.98 Å². The molecule has 0 aliphatic carbocycles. The standard InChI is InChI=1S/C13H14BrN3O2S/c1-15-20(18,19)13-4-2-3-12(6-13)17-8-10-5-11(14)9-16-7-10/h2-7,9,15,17H,8H2,1H3. The number of nitrogens with zero attached hydrogens (tertiary/aromatic N) is 1. The van der Waals surface area contributed by atoms with Gasteiger partial charge in [0.15, 0.2) is 0 Å². The van der Waals surface area contributed by atoms with E-state index < -0.39 is 10.0 Å². The summed E-state index contributed by atoms with van der Waals surface area (Å²) in [4.78, 5) is 4.31. The van der Waals surface area contributed by atoms with E-state index in [0.717, 1.165) is 15.7 Å². The first-order valence-electron chi connectivity index (χ1n) is 5.88. The van der Waals surface area contributed by atoms with Crippen LogP contribution < -0.4 is 10.0 Å². The molecule has 0 fully saturated rings. The van der Waals surface area contributed by atoms with Crippen molar-refractivity contribution in [3.63, 3.8) is 0 Å². The molecule has 0 spiro atoms. The molecular weight excluding hydrogens is 342 g/mol. The number of rotatable bonds is 5. The largest absolute Gasteiger partial charge is 0.381 e. The molecule has 2 rings (SSSR count). The molecule has 0 unspecified atom stereocenters. The van der Waals surface area contributed by atoms with Gasteiger partial charge < -0.3 is 5.32 Å². The van der Waals surface area contributed by atoms with Crippen molar-refractivity contribution in [3.05, 3.63) is 52.8 Å². The van der Waals surface area contributed by atoms with Crippen molar-refractivity contribution >= 4 is 31.6 Å². The van der Waals surface area contributed by atoms with Gasteiger partial charge in [0.2, 0.25) is 10.0 Å². The number of sulfonamides is 1. The van der Waals surface area contributed by atoms with Gasteiger partial charge in [0, 0.05) is 29.1 Å². The summed E-state index contributed by atoms with van der Waals surface area (Å²) in [6, 6.07) is 8.62. The van der Waals surface area contributed by atoms with E-state index in [1.54, 1.807) is 30.6 Å². The quantitative estimate of drug-likeness (QED) is 0.863. The van der Waals surface area contributed by atoms with E-state index in [2.05, 4.69) is 31.0 Å². The van der Waals surface area contributed by atoms with Crippen LogP contribution in [0.15, 0.2) is 52.1 Å². The zero-order chi connectivity index (χ0) is 14.6. The van der Waals surface area contributed by atoms with Gasteiger partial charge in [-0.1, -0.05) is 6.07 Å². The predicted molar refractivity (Wildman–Crippen MR) is 82.0 cm³/mol. The van der Waals surface area contributed by atoms with E-state index in [0.29, 0.717) is 6.54 Å². The van der Waals surface area contributed by atoms with E-state index in [1.165, 1.54) is 7.05 Å². The van der Waals surface area contributed by atoms with Crippen LogP contribution in [-0.2, 0) is 16.6 Å². The second-order valence-electron chi connectivity index (χ2n) is 4.10. The van der Waals surface area contributed by atoms with Gasteiger partial charge in [-0.2, -0.15) is 0 Å². The summed E-state index contributed by atoms with van der Waals surface area (Å²) in [5, 5.41) is 3.17. The van der Waals surface area contributed by atoms with Crippen LogP contribution in [-0.4, -0.2) is 20.4 Å². The molecule has 0 amide bonds. The minimum absolute atomic E-state index is 0.234. The summed E-state index contributed by atoms with van der Waals surface area (Å²) in [7, 11) is -2.03. The summed E-state index contributed by atoms with van der Waals surface area (Å²) in [6.45, 7) is 0.565.